The molecule has 0 saturated carbocycles. The molecule has 0 aliphatic heterocycles. The van der Waals surface area contributed by atoms with E-state index in [4.69, 9.17) is 0 Å². The van der Waals surface area contributed by atoms with Crippen LogP contribution in [0.4, 0.5) is 5.69 Å². The van der Waals surface area contributed by atoms with Crippen LogP contribution in [0, 0.1) is 5.92 Å². The van der Waals surface area contributed by atoms with Crippen LogP contribution in [-0.4, -0.2) is 32.5 Å². The third kappa shape index (κ3) is 5.18. The molecule has 0 aliphatic rings. The molecule has 0 saturated heterocycles. The fourth-order valence-electron chi connectivity index (χ4n) is 1.78. The van der Waals surface area contributed by atoms with Crippen molar-refractivity contribution in [3.05, 3.63) is 24.3 Å². The molecule has 2 amide bonds. The maximum atomic E-state index is 12.2. The average Bonchev–Trinajstić information content (AvgIpc) is 2.34. The second kappa shape index (κ2) is 6.71. The summed E-state index contributed by atoms with van der Waals surface area (Å²) in [5, 5.41) is 5.20. The Balaban J connectivity index is 2.94. The van der Waals surface area contributed by atoms with Crippen molar-refractivity contribution in [3.8, 4) is 0 Å². The smallest absolute Gasteiger partial charge is 0.247 e. The number of sulfone groups is 1. The number of hydrogen-bond donors (Lipinski definition) is 2. The first kappa shape index (κ1) is 17.2. The van der Waals surface area contributed by atoms with E-state index >= 15 is 0 Å². The number of nitrogens with one attached hydrogen (secondary N) is 2. The lowest BCUT2D eigenvalue weighted by Crippen LogP contribution is -2.46. The second-order valence-corrected chi connectivity index (χ2v) is 7.23. The Morgan fingerprint density at radius 1 is 1.19 bits per heavy atom. The van der Waals surface area contributed by atoms with Gasteiger partial charge in [0.05, 0.1) is 4.90 Å². The van der Waals surface area contributed by atoms with Gasteiger partial charge in [-0.15, -0.1) is 0 Å². The Bertz CT molecular complexity index is 638. The summed E-state index contributed by atoms with van der Waals surface area (Å²) in [5.74, 6) is -0.772. The summed E-state index contributed by atoms with van der Waals surface area (Å²) in [6.07, 6.45) is 1.10. The third-order valence-corrected chi connectivity index (χ3v) is 3.95. The van der Waals surface area contributed by atoms with Gasteiger partial charge in [0.15, 0.2) is 9.84 Å². The molecule has 1 aromatic carbocycles. The zero-order chi connectivity index (χ0) is 16.2. The van der Waals surface area contributed by atoms with Gasteiger partial charge in [-0.3, -0.25) is 9.59 Å². The van der Waals surface area contributed by atoms with Crippen molar-refractivity contribution in [2.24, 2.45) is 5.92 Å². The molecule has 1 aromatic rings. The highest BCUT2D eigenvalue weighted by molar-refractivity contribution is 7.90. The summed E-state index contributed by atoms with van der Waals surface area (Å²) in [4.78, 5) is 23.4. The van der Waals surface area contributed by atoms with Crippen molar-refractivity contribution in [1.82, 2.24) is 5.32 Å². The van der Waals surface area contributed by atoms with Gasteiger partial charge in [-0.2, -0.15) is 0 Å². The first-order valence-electron chi connectivity index (χ1n) is 6.49. The zero-order valence-corrected chi connectivity index (χ0v) is 13.3. The SMILES string of the molecule is CC(=O)N[C@H](C(=O)Nc1cccc(S(C)(=O)=O)c1)C(C)C. The Morgan fingerprint density at radius 2 is 1.81 bits per heavy atom. The van der Waals surface area contributed by atoms with Gasteiger partial charge in [0, 0.05) is 18.9 Å². The quantitative estimate of drug-likeness (QED) is 0.854. The highest BCUT2D eigenvalue weighted by atomic mass is 32.2. The molecule has 7 heteroatoms. The normalized spacial score (nSPS) is 12.8. The summed E-state index contributed by atoms with van der Waals surface area (Å²) in [5.41, 5.74) is 0.374. The lowest BCUT2D eigenvalue weighted by atomic mass is 10.0. The second-order valence-electron chi connectivity index (χ2n) is 5.21. The highest BCUT2D eigenvalue weighted by Gasteiger charge is 2.23. The average molecular weight is 312 g/mol. The van der Waals surface area contributed by atoms with Crippen LogP contribution in [-0.2, 0) is 19.4 Å². The van der Waals surface area contributed by atoms with Crippen molar-refractivity contribution in [2.75, 3.05) is 11.6 Å². The van der Waals surface area contributed by atoms with Crippen molar-refractivity contribution >= 4 is 27.3 Å². The number of carbonyl (C=O) groups excluding carboxylic acids is 2. The Labute approximate surface area is 124 Å². The summed E-state index contributed by atoms with van der Waals surface area (Å²) in [7, 11) is -3.34. The van der Waals surface area contributed by atoms with Gasteiger partial charge < -0.3 is 10.6 Å². The van der Waals surface area contributed by atoms with Crippen LogP contribution in [0.15, 0.2) is 29.2 Å². The fraction of sp³-hybridized carbons (Fsp3) is 0.429. The molecule has 21 heavy (non-hydrogen) atoms. The van der Waals surface area contributed by atoms with Crippen LogP contribution < -0.4 is 10.6 Å². The zero-order valence-electron chi connectivity index (χ0n) is 12.5. The van der Waals surface area contributed by atoms with Gasteiger partial charge in [-0.1, -0.05) is 19.9 Å². The summed E-state index contributed by atoms with van der Waals surface area (Å²) < 4.78 is 23.0. The topological polar surface area (TPSA) is 92.3 Å². The number of anilines is 1. The minimum Gasteiger partial charge on any atom is -0.344 e. The Hall–Kier alpha value is -1.89. The number of hydrogen-bond acceptors (Lipinski definition) is 4. The molecule has 0 aliphatic carbocycles. The highest BCUT2D eigenvalue weighted by Crippen LogP contribution is 2.16. The largest absolute Gasteiger partial charge is 0.344 e. The molecule has 1 rings (SSSR count). The molecule has 6 nitrogen and oxygen atoms in total. The van der Waals surface area contributed by atoms with Crippen molar-refractivity contribution in [3.63, 3.8) is 0 Å². The van der Waals surface area contributed by atoms with Crippen LogP contribution >= 0.6 is 0 Å². The van der Waals surface area contributed by atoms with E-state index in [0.717, 1.165) is 6.26 Å². The van der Waals surface area contributed by atoms with Gasteiger partial charge in [-0.25, -0.2) is 8.42 Å². The van der Waals surface area contributed by atoms with E-state index in [2.05, 4.69) is 10.6 Å². The number of rotatable bonds is 5. The molecule has 0 heterocycles. The van der Waals surface area contributed by atoms with Gasteiger partial charge in [-0.05, 0) is 24.1 Å². The van der Waals surface area contributed by atoms with Crippen LogP contribution in [0.2, 0.25) is 0 Å². The summed E-state index contributed by atoms with van der Waals surface area (Å²) in [6.45, 7) is 4.97. The predicted molar refractivity (Wildman–Crippen MR) is 80.6 cm³/mol. The molecule has 1 atom stereocenters. The molecule has 0 bridgehead atoms. The number of carbonyl (C=O) groups is 2. The van der Waals surface area contributed by atoms with Gasteiger partial charge >= 0.3 is 0 Å². The third-order valence-electron chi connectivity index (χ3n) is 2.84. The van der Waals surface area contributed by atoms with Gasteiger partial charge in [0.1, 0.15) is 6.04 Å². The molecule has 0 fully saturated rings. The van der Waals surface area contributed by atoms with Crippen LogP contribution in [0.3, 0.4) is 0 Å². The van der Waals surface area contributed by atoms with E-state index in [9.17, 15) is 18.0 Å². The first-order valence-corrected chi connectivity index (χ1v) is 8.38. The van der Waals surface area contributed by atoms with E-state index in [-0.39, 0.29) is 22.6 Å². The molecule has 116 valence electrons. The summed E-state index contributed by atoms with van der Waals surface area (Å²) in [6, 6.07) is 5.31. The molecule has 0 radical (unpaired) electrons. The lowest BCUT2D eigenvalue weighted by Gasteiger charge is -2.21. The molecule has 0 unspecified atom stereocenters. The molecular formula is C14H20N2O4S. The standard InChI is InChI=1S/C14H20N2O4S/c1-9(2)13(15-10(3)17)14(18)16-11-6-5-7-12(8-11)21(4,19)20/h5-9,13H,1-4H3,(H,15,17)(H,16,18)/t13-/m0/s1. The maximum Gasteiger partial charge on any atom is 0.247 e. The maximum absolute atomic E-state index is 12.2. The molecule has 2 N–H and O–H groups in total. The molecular weight excluding hydrogens is 292 g/mol. The monoisotopic (exact) mass is 312 g/mol. The number of benzene rings is 1. The van der Waals surface area contributed by atoms with Gasteiger partial charge in [0.25, 0.3) is 0 Å². The summed E-state index contributed by atoms with van der Waals surface area (Å²) >= 11 is 0. The Kier molecular flexibility index (Phi) is 5.48. The van der Waals surface area contributed by atoms with Crippen LogP contribution in [0.5, 0.6) is 0 Å². The van der Waals surface area contributed by atoms with Crippen molar-refractivity contribution < 1.29 is 18.0 Å². The van der Waals surface area contributed by atoms with Gasteiger partial charge in [0.2, 0.25) is 11.8 Å². The van der Waals surface area contributed by atoms with E-state index < -0.39 is 15.9 Å². The Morgan fingerprint density at radius 3 is 2.29 bits per heavy atom. The van der Waals surface area contributed by atoms with E-state index in [0.29, 0.717) is 5.69 Å². The van der Waals surface area contributed by atoms with Crippen molar-refractivity contribution in [2.45, 2.75) is 31.7 Å². The molecule has 0 spiro atoms. The lowest BCUT2D eigenvalue weighted by molar-refractivity contribution is -0.126. The van der Waals surface area contributed by atoms with E-state index in [1.165, 1.54) is 19.1 Å². The minimum atomic E-state index is -3.34. The van der Waals surface area contributed by atoms with E-state index in [1.54, 1.807) is 12.1 Å². The fourth-order valence-corrected chi connectivity index (χ4v) is 2.45. The van der Waals surface area contributed by atoms with Crippen molar-refractivity contribution in [1.29, 1.82) is 0 Å². The van der Waals surface area contributed by atoms with Crippen LogP contribution in [0.25, 0.3) is 0 Å². The first-order chi connectivity index (χ1) is 9.61. The molecule has 0 aromatic heterocycles. The van der Waals surface area contributed by atoms with E-state index in [1.807, 2.05) is 13.8 Å². The number of amides is 2. The minimum absolute atomic E-state index is 0.0907. The predicted octanol–water partition coefficient (Wildman–Crippen LogP) is 1.19. The van der Waals surface area contributed by atoms with Crippen LogP contribution in [0.1, 0.15) is 20.8 Å².